The lowest BCUT2D eigenvalue weighted by molar-refractivity contribution is -0.113. The Kier molecular flexibility index (Phi) is 7.09. The lowest BCUT2D eigenvalue weighted by Gasteiger charge is -2.11. The summed E-state index contributed by atoms with van der Waals surface area (Å²) in [6.07, 6.45) is 1.10. The number of aromatic nitrogens is 3. The van der Waals surface area contributed by atoms with E-state index in [4.69, 9.17) is 0 Å². The number of carbonyl (C=O) groups is 1. The van der Waals surface area contributed by atoms with Crippen molar-refractivity contribution in [3.05, 3.63) is 59.7 Å². The number of nitrogens with one attached hydrogen (secondary N) is 1. The molecule has 1 heterocycles. The number of aryl methyl sites for hydroxylation is 1. The van der Waals surface area contributed by atoms with Crippen molar-refractivity contribution in [1.82, 2.24) is 14.8 Å². The third-order valence-electron chi connectivity index (χ3n) is 5.05. The van der Waals surface area contributed by atoms with Crippen LogP contribution in [0.2, 0.25) is 0 Å². The predicted octanol–water partition coefficient (Wildman–Crippen LogP) is 5.52. The van der Waals surface area contributed by atoms with Crippen LogP contribution in [0.3, 0.4) is 0 Å². The summed E-state index contributed by atoms with van der Waals surface area (Å²) in [5.74, 6) is 1.60. The summed E-state index contributed by atoms with van der Waals surface area (Å²) in [5.41, 5.74) is 4.35. The van der Waals surface area contributed by atoms with E-state index in [0.29, 0.717) is 11.7 Å². The number of amides is 1. The van der Waals surface area contributed by atoms with Gasteiger partial charge in [0.15, 0.2) is 11.0 Å². The van der Waals surface area contributed by atoms with E-state index in [9.17, 15) is 4.79 Å². The molecule has 0 saturated heterocycles. The third kappa shape index (κ3) is 5.26. The Morgan fingerprint density at radius 3 is 2.38 bits per heavy atom. The molecular weight excluding hydrogens is 380 g/mol. The number of benzene rings is 2. The van der Waals surface area contributed by atoms with Crippen LogP contribution >= 0.6 is 11.8 Å². The standard InChI is InChI=1S/C23H28N4OS/c1-5-17(4)18-11-13-20(14-12-18)24-21(28)15-29-23-26-25-22(27(23)6-2)19-9-7-16(3)8-10-19/h7-14,17H,5-6,15H2,1-4H3,(H,24,28). The molecule has 0 radical (unpaired) electrons. The number of carbonyl (C=O) groups excluding carboxylic acids is 1. The Bertz CT molecular complexity index is 948. The highest BCUT2D eigenvalue weighted by atomic mass is 32.2. The van der Waals surface area contributed by atoms with Crippen LogP contribution < -0.4 is 5.32 Å². The summed E-state index contributed by atoms with van der Waals surface area (Å²) < 4.78 is 2.05. The van der Waals surface area contributed by atoms with Gasteiger partial charge in [0.25, 0.3) is 0 Å². The normalized spacial score (nSPS) is 12.0. The summed E-state index contributed by atoms with van der Waals surface area (Å²) in [6, 6.07) is 16.3. The van der Waals surface area contributed by atoms with Crippen LogP contribution in [0.15, 0.2) is 53.7 Å². The van der Waals surface area contributed by atoms with E-state index >= 15 is 0 Å². The van der Waals surface area contributed by atoms with E-state index in [1.807, 2.05) is 16.7 Å². The highest BCUT2D eigenvalue weighted by molar-refractivity contribution is 7.99. The number of anilines is 1. The Labute approximate surface area is 176 Å². The molecule has 0 aliphatic carbocycles. The zero-order valence-corrected chi connectivity index (χ0v) is 18.3. The van der Waals surface area contributed by atoms with E-state index < -0.39 is 0 Å². The van der Waals surface area contributed by atoms with Gasteiger partial charge in [-0.25, -0.2) is 0 Å². The predicted molar refractivity (Wildman–Crippen MR) is 120 cm³/mol. The molecule has 0 saturated carbocycles. The quantitative estimate of drug-likeness (QED) is 0.499. The second-order valence-corrected chi connectivity index (χ2v) is 8.13. The Morgan fingerprint density at radius 2 is 1.76 bits per heavy atom. The van der Waals surface area contributed by atoms with Gasteiger partial charge in [-0.05, 0) is 43.9 Å². The van der Waals surface area contributed by atoms with Crippen LogP contribution in [-0.2, 0) is 11.3 Å². The molecule has 3 rings (SSSR count). The van der Waals surface area contributed by atoms with Crippen LogP contribution in [0.4, 0.5) is 5.69 Å². The largest absolute Gasteiger partial charge is 0.325 e. The van der Waals surface area contributed by atoms with Gasteiger partial charge in [0.2, 0.25) is 5.91 Å². The number of hydrogen-bond acceptors (Lipinski definition) is 4. The molecule has 2 aromatic carbocycles. The minimum atomic E-state index is -0.0474. The number of thioether (sulfide) groups is 1. The van der Waals surface area contributed by atoms with Crippen LogP contribution in [0.5, 0.6) is 0 Å². The SMILES string of the molecule is CCC(C)c1ccc(NC(=O)CSc2nnc(-c3ccc(C)cc3)n2CC)cc1. The van der Waals surface area contributed by atoms with Crippen molar-refractivity contribution in [2.45, 2.75) is 51.7 Å². The van der Waals surface area contributed by atoms with Gasteiger partial charge in [-0.15, -0.1) is 10.2 Å². The first-order valence-corrected chi connectivity index (χ1v) is 11.0. The molecule has 0 aliphatic heterocycles. The summed E-state index contributed by atoms with van der Waals surface area (Å²) in [6.45, 7) is 9.25. The van der Waals surface area contributed by atoms with Crippen molar-refractivity contribution >= 4 is 23.4 Å². The Hall–Kier alpha value is -2.60. The highest BCUT2D eigenvalue weighted by Gasteiger charge is 2.14. The molecule has 0 aliphatic rings. The van der Waals surface area contributed by atoms with Crippen molar-refractivity contribution in [1.29, 1.82) is 0 Å². The molecule has 1 unspecified atom stereocenters. The summed E-state index contributed by atoms with van der Waals surface area (Å²) >= 11 is 1.41. The molecule has 0 bridgehead atoms. The first-order valence-electron chi connectivity index (χ1n) is 10.0. The van der Waals surface area contributed by atoms with Crippen molar-refractivity contribution in [3.63, 3.8) is 0 Å². The minimum Gasteiger partial charge on any atom is -0.325 e. The second kappa shape index (κ2) is 9.74. The maximum Gasteiger partial charge on any atom is 0.234 e. The molecule has 1 amide bonds. The van der Waals surface area contributed by atoms with Gasteiger partial charge in [-0.1, -0.05) is 67.6 Å². The molecule has 0 fully saturated rings. The monoisotopic (exact) mass is 408 g/mol. The first kappa shape index (κ1) is 21.1. The van der Waals surface area contributed by atoms with Crippen molar-refractivity contribution in [2.75, 3.05) is 11.1 Å². The first-order chi connectivity index (χ1) is 14.0. The van der Waals surface area contributed by atoms with Gasteiger partial charge in [-0.2, -0.15) is 0 Å². The average molecular weight is 409 g/mol. The van der Waals surface area contributed by atoms with E-state index in [2.05, 4.69) is 79.6 Å². The Balaban J connectivity index is 1.62. The van der Waals surface area contributed by atoms with Gasteiger partial charge >= 0.3 is 0 Å². The number of hydrogen-bond donors (Lipinski definition) is 1. The van der Waals surface area contributed by atoms with Gasteiger partial charge in [0.05, 0.1) is 5.75 Å². The maximum absolute atomic E-state index is 12.4. The zero-order chi connectivity index (χ0) is 20.8. The zero-order valence-electron chi connectivity index (χ0n) is 17.5. The van der Waals surface area contributed by atoms with E-state index in [-0.39, 0.29) is 5.91 Å². The van der Waals surface area contributed by atoms with E-state index in [1.165, 1.54) is 22.9 Å². The molecule has 3 aromatic rings. The molecule has 152 valence electrons. The number of nitrogens with zero attached hydrogens (tertiary/aromatic N) is 3. The van der Waals surface area contributed by atoms with Gasteiger partial charge in [0, 0.05) is 17.8 Å². The molecule has 5 nitrogen and oxygen atoms in total. The maximum atomic E-state index is 12.4. The molecule has 1 N–H and O–H groups in total. The molecule has 1 aromatic heterocycles. The fourth-order valence-electron chi connectivity index (χ4n) is 3.05. The minimum absolute atomic E-state index is 0.0474. The highest BCUT2D eigenvalue weighted by Crippen LogP contribution is 2.25. The summed E-state index contributed by atoms with van der Waals surface area (Å²) in [4.78, 5) is 12.4. The van der Waals surface area contributed by atoms with Crippen molar-refractivity contribution < 1.29 is 4.79 Å². The van der Waals surface area contributed by atoms with E-state index in [0.717, 1.165) is 35.2 Å². The summed E-state index contributed by atoms with van der Waals surface area (Å²) in [5, 5.41) is 12.4. The molecule has 29 heavy (non-hydrogen) atoms. The van der Waals surface area contributed by atoms with Crippen LogP contribution in [0, 0.1) is 6.92 Å². The molecule has 6 heteroatoms. The third-order valence-corrected chi connectivity index (χ3v) is 6.02. The fraction of sp³-hybridized carbons (Fsp3) is 0.348. The summed E-state index contributed by atoms with van der Waals surface area (Å²) in [7, 11) is 0. The second-order valence-electron chi connectivity index (χ2n) is 7.18. The topological polar surface area (TPSA) is 59.8 Å². The van der Waals surface area contributed by atoms with Gasteiger partial charge in [-0.3, -0.25) is 4.79 Å². The van der Waals surface area contributed by atoms with Crippen LogP contribution in [0.25, 0.3) is 11.4 Å². The number of rotatable bonds is 8. The van der Waals surface area contributed by atoms with Crippen LogP contribution in [0.1, 0.15) is 44.2 Å². The van der Waals surface area contributed by atoms with Crippen molar-refractivity contribution in [2.24, 2.45) is 0 Å². The lowest BCUT2D eigenvalue weighted by Crippen LogP contribution is -2.14. The Morgan fingerprint density at radius 1 is 1.07 bits per heavy atom. The van der Waals surface area contributed by atoms with Gasteiger partial charge < -0.3 is 9.88 Å². The average Bonchev–Trinajstić information content (AvgIpc) is 3.15. The van der Waals surface area contributed by atoms with E-state index in [1.54, 1.807) is 0 Å². The van der Waals surface area contributed by atoms with Crippen molar-refractivity contribution in [3.8, 4) is 11.4 Å². The molecule has 1 atom stereocenters. The molecule has 0 spiro atoms. The lowest BCUT2D eigenvalue weighted by atomic mass is 9.99. The fourth-order valence-corrected chi connectivity index (χ4v) is 3.86. The molecular formula is C23H28N4OS. The van der Waals surface area contributed by atoms with Crippen LogP contribution in [-0.4, -0.2) is 26.4 Å². The smallest absolute Gasteiger partial charge is 0.234 e. The van der Waals surface area contributed by atoms with Gasteiger partial charge in [0.1, 0.15) is 0 Å².